The van der Waals surface area contributed by atoms with Crippen LogP contribution in [0.25, 0.3) is 0 Å². The van der Waals surface area contributed by atoms with E-state index in [-0.39, 0.29) is 5.75 Å². The number of hydrogen-bond donors (Lipinski definition) is 2. The molecular weight excluding hydrogens is 312 g/mol. The Labute approximate surface area is 143 Å². The molecule has 138 valence electrons. The fraction of sp³-hybridized carbons (Fsp3) is 0.938. The quantitative estimate of drug-likeness (QED) is 0.513. The van der Waals surface area contributed by atoms with Gasteiger partial charge in [-0.05, 0) is 48.5 Å². The van der Waals surface area contributed by atoms with Gasteiger partial charge in [0.1, 0.15) is 0 Å². The summed E-state index contributed by atoms with van der Waals surface area (Å²) in [7, 11) is -1.42. The summed E-state index contributed by atoms with van der Waals surface area (Å²) in [4.78, 5) is 6.53. The van der Waals surface area contributed by atoms with Crippen LogP contribution in [0.5, 0.6) is 0 Å². The molecule has 0 spiro atoms. The van der Waals surface area contributed by atoms with Crippen LogP contribution in [0.2, 0.25) is 0 Å². The molecule has 7 heteroatoms. The first-order chi connectivity index (χ1) is 10.4. The van der Waals surface area contributed by atoms with Gasteiger partial charge in [0.25, 0.3) is 0 Å². The number of rotatable bonds is 8. The van der Waals surface area contributed by atoms with E-state index in [0.29, 0.717) is 24.6 Å². The lowest BCUT2D eigenvalue weighted by atomic mass is 10.2. The van der Waals surface area contributed by atoms with Gasteiger partial charge >= 0.3 is 0 Å². The molecule has 0 fully saturated rings. The highest BCUT2D eigenvalue weighted by atomic mass is 32.2. The van der Waals surface area contributed by atoms with Crippen molar-refractivity contribution in [1.29, 1.82) is 0 Å². The second-order valence-corrected chi connectivity index (χ2v) is 10.1. The van der Waals surface area contributed by atoms with Crippen LogP contribution in [0.3, 0.4) is 0 Å². The van der Waals surface area contributed by atoms with E-state index in [1.165, 1.54) is 0 Å². The lowest BCUT2D eigenvalue weighted by Crippen LogP contribution is -2.46. The molecule has 0 aromatic rings. The second kappa shape index (κ2) is 9.47. The average Bonchev–Trinajstić information content (AvgIpc) is 2.39. The predicted molar refractivity (Wildman–Crippen MR) is 99.9 cm³/mol. The normalized spacial score (nSPS) is 14.0. The molecule has 0 bridgehead atoms. The number of guanidine groups is 1. The average molecular weight is 349 g/mol. The Kier molecular flexibility index (Phi) is 9.13. The Morgan fingerprint density at radius 2 is 1.52 bits per heavy atom. The first-order valence-electron chi connectivity index (χ1n) is 8.35. The number of nitrogens with zero attached hydrogens (tertiary/aromatic N) is 2. The van der Waals surface area contributed by atoms with Gasteiger partial charge < -0.3 is 10.6 Å². The van der Waals surface area contributed by atoms with Gasteiger partial charge in [0.05, 0.1) is 10.5 Å². The van der Waals surface area contributed by atoms with Crippen LogP contribution in [-0.2, 0) is 9.84 Å². The van der Waals surface area contributed by atoms with Crippen molar-refractivity contribution in [1.82, 2.24) is 15.5 Å². The van der Waals surface area contributed by atoms with Crippen LogP contribution >= 0.6 is 0 Å². The van der Waals surface area contributed by atoms with Crippen LogP contribution in [0.4, 0.5) is 0 Å². The zero-order valence-electron chi connectivity index (χ0n) is 16.1. The lowest BCUT2D eigenvalue weighted by Gasteiger charge is -2.30. The van der Waals surface area contributed by atoms with E-state index in [1.54, 1.807) is 27.8 Å². The molecule has 23 heavy (non-hydrogen) atoms. The molecule has 0 unspecified atom stereocenters. The molecule has 0 saturated carbocycles. The summed E-state index contributed by atoms with van der Waals surface area (Å²) in [6.07, 6.45) is 0. The van der Waals surface area contributed by atoms with Crippen molar-refractivity contribution >= 4 is 15.8 Å². The number of sulfone groups is 1. The third-order valence-corrected chi connectivity index (χ3v) is 6.42. The maximum atomic E-state index is 12.1. The summed E-state index contributed by atoms with van der Waals surface area (Å²) in [5.74, 6) is 0.739. The zero-order chi connectivity index (χ0) is 18.3. The topological polar surface area (TPSA) is 73.8 Å². The van der Waals surface area contributed by atoms with Crippen molar-refractivity contribution in [2.24, 2.45) is 4.99 Å². The molecule has 0 rings (SSSR count). The number of hydrogen-bond acceptors (Lipinski definition) is 4. The second-order valence-electron chi connectivity index (χ2n) is 7.28. The van der Waals surface area contributed by atoms with Gasteiger partial charge in [-0.3, -0.25) is 9.89 Å². The summed E-state index contributed by atoms with van der Waals surface area (Å²) in [6, 6.07) is 0.979. The molecule has 0 aliphatic heterocycles. The number of nitrogens with one attached hydrogen (secondary N) is 2. The van der Waals surface area contributed by atoms with Crippen LogP contribution in [0, 0.1) is 0 Å². The first-order valence-corrected chi connectivity index (χ1v) is 10.00. The number of aliphatic imine (C=N–C) groups is 1. The molecule has 0 heterocycles. The molecule has 0 aromatic heterocycles. The van der Waals surface area contributed by atoms with Gasteiger partial charge in [-0.1, -0.05) is 0 Å². The van der Waals surface area contributed by atoms with Crippen LogP contribution in [0.15, 0.2) is 4.99 Å². The zero-order valence-corrected chi connectivity index (χ0v) is 16.9. The summed E-state index contributed by atoms with van der Waals surface area (Å²) in [6.45, 7) is 15.9. The molecule has 6 nitrogen and oxygen atoms in total. The Bertz CT molecular complexity index is 457. The standard InChI is InChI=1S/C16H36N4O2S/c1-13(2)20(14(3)4)11-9-18-15(17-8)19-10-12-23(21,22)16(5,6)7/h13-14H,9-12H2,1-8H3,(H2,17,18,19). The lowest BCUT2D eigenvalue weighted by molar-refractivity contribution is 0.178. The summed E-state index contributed by atoms with van der Waals surface area (Å²) >= 11 is 0. The Morgan fingerprint density at radius 3 is 1.91 bits per heavy atom. The monoisotopic (exact) mass is 348 g/mol. The van der Waals surface area contributed by atoms with Crippen molar-refractivity contribution in [3.8, 4) is 0 Å². The summed E-state index contributed by atoms with van der Waals surface area (Å²) < 4.78 is 23.4. The highest BCUT2D eigenvalue weighted by Gasteiger charge is 2.28. The van der Waals surface area contributed by atoms with Crippen LogP contribution in [-0.4, -0.2) is 68.5 Å². The van der Waals surface area contributed by atoms with Crippen molar-refractivity contribution in [3.63, 3.8) is 0 Å². The molecule has 0 aromatic carbocycles. The Morgan fingerprint density at radius 1 is 1.04 bits per heavy atom. The molecular formula is C16H36N4O2S. The molecule has 0 aliphatic carbocycles. The van der Waals surface area contributed by atoms with E-state index < -0.39 is 14.6 Å². The Hall–Kier alpha value is -0.820. The van der Waals surface area contributed by atoms with Crippen LogP contribution in [0.1, 0.15) is 48.5 Å². The van der Waals surface area contributed by atoms with E-state index >= 15 is 0 Å². The van der Waals surface area contributed by atoms with Gasteiger partial charge in [0.2, 0.25) is 0 Å². The molecule has 2 N–H and O–H groups in total. The third-order valence-electron chi connectivity index (χ3n) is 3.81. The summed E-state index contributed by atoms with van der Waals surface area (Å²) in [5.41, 5.74) is 0. The van der Waals surface area contributed by atoms with Gasteiger partial charge in [-0.25, -0.2) is 8.42 Å². The van der Waals surface area contributed by atoms with E-state index in [1.807, 2.05) is 0 Å². The minimum Gasteiger partial charge on any atom is -0.355 e. The van der Waals surface area contributed by atoms with Gasteiger partial charge in [-0.2, -0.15) is 0 Å². The van der Waals surface area contributed by atoms with Gasteiger partial charge in [0.15, 0.2) is 15.8 Å². The molecule has 0 atom stereocenters. The van der Waals surface area contributed by atoms with Gasteiger partial charge in [-0.15, -0.1) is 0 Å². The Balaban J connectivity index is 4.30. The third kappa shape index (κ3) is 8.01. The van der Waals surface area contributed by atoms with E-state index in [2.05, 4.69) is 48.2 Å². The molecule has 0 amide bonds. The SMILES string of the molecule is CN=C(NCCN(C(C)C)C(C)C)NCCS(=O)(=O)C(C)(C)C. The maximum absolute atomic E-state index is 12.1. The highest BCUT2D eigenvalue weighted by molar-refractivity contribution is 7.92. The van der Waals surface area contributed by atoms with E-state index in [9.17, 15) is 8.42 Å². The van der Waals surface area contributed by atoms with Crippen molar-refractivity contribution in [2.75, 3.05) is 32.4 Å². The smallest absolute Gasteiger partial charge is 0.191 e. The fourth-order valence-electron chi connectivity index (χ4n) is 2.25. The molecule has 0 aliphatic rings. The molecule has 0 saturated heterocycles. The van der Waals surface area contributed by atoms with Crippen molar-refractivity contribution < 1.29 is 8.42 Å². The minimum absolute atomic E-state index is 0.0985. The maximum Gasteiger partial charge on any atom is 0.191 e. The fourth-order valence-corrected chi connectivity index (χ4v) is 3.23. The van der Waals surface area contributed by atoms with E-state index in [0.717, 1.165) is 13.1 Å². The summed E-state index contributed by atoms with van der Waals surface area (Å²) in [5, 5.41) is 6.31. The molecule has 0 radical (unpaired) electrons. The minimum atomic E-state index is -3.11. The predicted octanol–water partition coefficient (Wildman–Crippen LogP) is 1.48. The largest absolute Gasteiger partial charge is 0.355 e. The van der Waals surface area contributed by atoms with Gasteiger partial charge in [0, 0.05) is 38.8 Å². The van der Waals surface area contributed by atoms with Crippen LogP contribution < -0.4 is 10.6 Å². The highest BCUT2D eigenvalue weighted by Crippen LogP contribution is 2.15. The first kappa shape index (κ1) is 22.2. The van der Waals surface area contributed by atoms with Crippen molar-refractivity contribution in [2.45, 2.75) is 65.3 Å². The van der Waals surface area contributed by atoms with Crippen molar-refractivity contribution in [3.05, 3.63) is 0 Å². The van der Waals surface area contributed by atoms with E-state index in [4.69, 9.17) is 0 Å².